The molecule has 3 N–H and O–H groups in total. The van der Waals surface area contributed by atoms with Crippen molar-refractivity contribution in [2.24, 2.45) is 11.1 Å². The molecule has 0 saturated carbocycles. The molecule has 1 unspecified atom stereocenters. The molecule has 1 atom stereocenters. The van der Waals surface area contributed by atoms with Gasteiger partial charge in [-0.05, 0) is 54.2 Å². The fourth-order valence-corrected chi connectivity index (χ4v) is 4.87. The van der Waals surface area contributed by atoms with Crippen molar-refractivity contribution >= 4 is 17.4 Å². The van der Waals surface area contributed by atoms with Crippen molar-refractivity contribution in [3.05, 3.63) is 76.4 Å². The zero-order chi connectivity index (χ0) is 27.4. The Hall–Kier alpha value is -4.25. The van der Waals surface area contributed by atoms with Gasteiger partial charge in [-0.3, -0.25) is 9.59 Å². The minimum atomic E-state index is -0.671. The van der Waals surface area contributed by atoms with Crippen LogP contribution in [0.1, 0.15) is 57.6 Å². The van der Waals surface area contributed by atoms with E-state index in [1.54, 1.807) is 18.2 Å². The molecule has 1 aliphatic carbocycles. The van der Waals surface area contributed by atoms with E-state index in [0.717, 1.165) is 6.42 Å². The monoisotopic (exact) mass is 515 g/mol. The van der Waals surface area contributed by atoms with E-state index in [0.29, 0.717) is 53.5 Å². The number of Topliss-reactive ketones (excluding diaryl/α,β-unsaturated/α-hetero) is 1. The molecule has 2 aromatic rings. The zero-order valence-electron chi connectivity index (χ0n) is 22.2. The summed E-state index contributed by atoms with van der Waals surface area (Å²) >= 11 is 0. The fourth-order valence-electron chi connectivity index (χ4n) is 4.87. The second kappa shape index (κ2) is 11.0. The normalized spacial score (nSPS) is 18.3. The van der Waals surface area contributed by atoms with Crippen molar-refractivity contribution < 1.29 is 23.8 Å². The lowest BCUT2D eigenvalue weighted by molar-refractivity contribution is -0.119. The minimum Gasteiger partial charge on any atom is -0.490 e. The largest absolute Gasteiger partial charge is 0.490 e. The van der Waals surface area contributed by atoms with Crippen LogP contribution in [0.4, 0.5) is 5.69 Å². The Morgan fingerprint density at radius 3 is 2.53 bits per heavy atom. The van der Waals surface area contributed by atoms with Crippen LogP contribution in [-0.4, -0.2) is 24.9 Å². The van der Waals surface area contributed by atoms with E-state index >= 15 is 0 Å². The summed E-state index contributed by atoms with van der Waals surface area (Å²) in [6, 6.07) is 15.0. The highest BCUT2D eigenvalue weighted by Gasteiger charge is 2.43. The maximum atomic E-state index is 13.2. The van der Waals surface area contributed by atoms with Crippen LogP contribution in [0.2, 0.25) is 0 Å². The summed E-state index contributed by atoms with van der Waals surface area (Å²) in [6.45, 7) is 8.05. The van der Waals surface area contributed by atoms with E-state index < -0.39 is 5.92 Å². The van der Waals surface area contributed by atoms with E-state index in [1.165, 1.54) is 5.56 Å². The Bertz CT molecular complexity index is 1350. The maximum Gasteiger partial charge on any atom is 0.262 e. The summed E-state index contributed by atoms with van der Waals surface area (Å²) in [5, 5.41) is 12.7. The van der Waals surface area contributed by atoms with Gasteiger partial charge in [0.15, 0.2) is 23.9 Å². The third-order valence-electron chi connectivity index (χ3n) is 6.68. The lowest BCUT2D eigenvalue weighted by Crippen LogP contribution is -2.33. The van der Waals surface area contributed by atoms with Crippen molar-refractivity contribution in [2.45, 2.75) is 52.9 Å². The van der Waals surface area contributed by atoms with Gasteiger partial charge in [-0.1, -0.05) is 39.0 Å². The van der Waals surface area contributed by atoms with Crippen molar-refractivity contribution in [2.75, 3.05) is 18.5 Å². The number of hydrogen-bond acceptors (Lipinski definition) is 7. The van der Waals surface area contributed by atoms with E-state index in [-0.39, 0.29) is 35.2 Å². The molecule has 1 heterocycles. The number of aryl methyl sites for hydroxylation is 1. The highest BCUT2D eigenvalue weighted by molar-refractivity contribution is 6.00. The van der Waals surface area contributed by atoms with Crippen molar-refractivity contribution in [3.63, 3.8) is 0 Å². The molecular formula is C30H33N3O5. The number of ether oxygens (including phenoxy) is 3. The molecule has 0 spiro atoms. The van der Waals surface area contributed by atoms with Crippen LogP contribution >= 0.6 is 0 Å². The summed E-state index contributed by atoms with van der Waals surface area (Å²) in [4.78, 5) is 25.7. The molecule has 0 aromatic heterocycles. The molecule has 2 aliphatic rings. The van der Waals surface area contributed by atoms with E-state index in [4.69, 9.17) is 19.9 Å². The SMILES string of the molecule is CCOc1cc(C2C(C#N)=C(N)OC3=C2C(=O)CC(C)(C)C3)ccc1OCC(=O)Nc1ccc(CC)cc1. The van der Waals surface area contributed by atoms with Gasteiger partial charge in [-0.25, -0.2) is 0 Å². The summed E-state index contributed by atoms with van der Waals surface area (Å²) < 4.78 is 17.4. The first kappa shape index (κ1) is 26.8. The predicted octanol–water partition coefficient (Wildman–Crippen LogP) is 5.12. The molecule has 1 amide bonds. The number of hydrogen-bond donors (Lipinski definition) is 2. The van der Waals surface area contributed by atoms with Gasteiger partial charge in [0, 0.05) is 24.1 Å². The molecule has 0 saturated heterocycles. The van der Waals surface area contributed by atoms with Crippen LogP contribution in [-0.2, 0) is 20.7 Å². The first-order valence-electron chi connectivity index (χ1n) is 12.8. The first-order valence-corrected chi connectivity index (χ1v) is 12.8. The number of nitrogens with zero attached hydrogens (tertiary/aromatic N) is 1. The molecule has 2 aromatic carbocycles. The van der Waals surface area contributed by atoms with Crippen molar-refractivity contribution in [1.82, 2.24) is 0 Å². The van der Waals surface area contributed by atoms with Crippen LogP contribution in [0.5, 0.6) is 11.5 Å². The van der Waals surface area contributed by atoms with E-state index in [9.17, 15) is 14.9 Å². The molecule has 38 heavy (non-hydrogen) atoms. The van der Waals surface area contributed by atoms with Gasteiger partial charge in [0.25, 0.3) is 5.91 Å². The Morgan fingerprint density at radius 1 is 1.13 bits per heavy atom. The minimum absolute atomic E-state index is 0.00340. The number of benzene rings is 2. The summed E-state index contributed by atoms with van der Waals surface area (Å²) in [6.07, 6.45) is 1.81. The standard InChI is InChI=1S/C30H33N3O5/c1-5-18-7-10-20(11-8-18)33-26(35)17-37-23-12-9-19(13-24(23)36-6-2)27-21(16-31)29(32)38-25-15-30(3,4)14-22(34)28(25)27/h7-13,27H,5-6,14-15,17,32H2,1-4H3,(H,33,35). The smallest absolute Gasteiger partial charge is 0.262 e. The Balaban J connectivity index is 1.59. The molecule has 8 heteroatoms. The number of amides is 1. The number of ketones is 1. The van der Waals surface area contributed by atoms with Gasteiger partial charge >= 0.3 is 0 Å². The molecule has 0 radical (unpaired) electrons. The number of carbonyl (C=O) groups is 2. The van der Waals surface area contributed by atoms with Crippen LogP contribution in [0.25, 0.3) is 0 Å². The predicted molar refractivity (Wildman–Crippen MR) is 143 cm³/mol. The molecule has 4 rings (SSSR count). The van der Waals surface area contributed by atoms with E-state index in [1.807, 2.05) is 45.0 Å². The highest BCUT2D eigenvalue weighted by atomic mass is 16.5. The number of anilines is 1. The van der Waals surface area contributed by atoms with Gasteiger partial charge in [-0.15, -0.1) is 0 Å². The van der Waals surface area contributed by atoms with Gasteiger partial charge in [-0.2, -0.15) is 5.26 Å². The van der Waals surface area contributed by atoms with Crippen molar-refractivity contribution in [3.8, 4) is 17.6 Å². The summed E-state index contributed by atoms with van der Waals surface area (Å²) in [7, 11) is 0. The average molecular weight is 516 g/mol. The average Bonchev–Trinajstić information content (AvgIpc) is 2.87. The van der Waals surface area contributed by atoms with Gasteiger partial charge in [0.2, 0.25) is 5.88 Å². The third kappa shape index (κ3) is 5.67. The number of nitrogens with two attached hydrogens (primary N) is 1. The Morgan fingerprint density at radius 2 is 1.87 bits per heavy atom. The molecule has 0 bridgehead atoms. The highest BCUT2D eigenvalue weighted by Crippen LogP contribution is 2.48. The Labute approximate surface area is 223 Å². The second-order valence-corrected chi connectivity index (χ2v) is 10.2. The lowest BCUT2D eigenvalue weighted by Gasteiger charge is -2.37. The number of carbonyl (C=O) groups excluding carboxylic acids is 2. The zero-order valence-corrected chi connectivity index (χ0v) is 22.2. The fraction of sp³-hybridized carbons (Fsp3) is 0.367. The molecule has 1 aliphatic heterocycles. The van der Waals surface area contributed by atoms with E-state index in [2.05, 4.69) is 18.3 Å². The first-order chi connectivity index (χ1) is 18.2. The van der Waals surface area contributed by atoms with Gasteiger partial charge < -0.3 is 25.3 Å². The quantitative estimate of drug-likeness (QED) is 0.500. The molecule has 198 valence electrons. The van der Waals surface area contributed by atoms with Crippen molar-refractivity contribution in [1.29, 1.82) is 5.26 Å². The number of allylic oxidation sites excluding steroid dienone is 3. The number of rotatable bonds is 8. The maximum absolute atomic E-state index is 13.2. The topological polar surface area (TPSA) is 124 Å². The lowest BCUT2D eigenvalue weighted by atomic mass is 9.70. The molecule has 0 fully saturated rings. The van der Waals surface area contributed by atoms with Crippen LogP contribution in [0.15, 0.2) is 65.3 Å². The Kier molecular flexibility index (Phi) is 7.77. The number of nitriles is 1. The van der Waals surface area contributed by atoms with Crippen LogP contribution < -0.4 is 20.5 Å². The van der Waals surface area contributed by atoms with Gasteiger partial charge in [0.1, 0.15) is 17.4 Å². The third-order valence-corrected chi connectivity index (χ3v) is 6.68. The van der Waals surface area contributed by atoms with Crippen LogP contribution in [0, 0.1) is 16.7 Å². The van der Waals surface area contributed by atoms with Gasteiger partial charge in [0.05, 0.1) is 12.5 Å². The molecular weight excluding hydrogens is 482 g/mol. The second-order valence-electron chi connectivity index (χ2n) is 10.2. The summed E-state index contributed by atoms with van der Waals surface area (Å²) in [5.74, 6) is 0.243. The number of nitrogens with one attached hydrogen (secondary N) is 1. The van der Waals surface area contributed by atoms with Crippen LogP contribution in [0.3, 0.4) is 0 Å². The molecule has 8 nitrogen and oxygen atoms in total. The summed E-state index contributed by atoms with van der Waals surface area (Å²) in [5.41, 5.74) is 9.04.